The summed E-state index contributed by atoms with van der Waals surface area (Å²) in [5.74, 6) is -0.439. The largest absolute Gasteiger partial charge is 0.393 e. The normalized spacial score (nSPS) is 27.8. The lowest BCUT2D eigenvalue weighted by Crippen LogP contribution is -2.38. The van der Waals surface area contributed by atoms with E-state index in [9.17, 15) is 15.0 Å². The first kappa shape index (κ1) is 10.5. The van der Waals surface area contributed by atoms with Crippen molar-refractivity contribution in [3.63, 3.8) is 0 Å². The maximum Gasteiger partial charge on any atom is 0.230 e. The van der Waals surface area contributed by atoms with Crippen LogP contribution in [0.1, 0.15) is 26.7 Å². The van der Waals surface area contributed by atoms with Crippen molar-refractivity contribution in [1.82, 2.24) is 4.90 Å². The molecule has 0 aromatic carbocycles. The predicted octanol–water partition coefficient (Wildman–Crippen LogP) is -0.0559. The summed E-state index contributed by atoms with van der Waals surface area (Å²) in [4.78, 5) is 13.0. The zero-order valence-electron chi connectivity index (χ0n) is 8.10. The van der Waals surface area contributed by atoms with Crippen molar-refractivity contribution in [2.24, 2.45) is 5.92 Å². The Labute approximate surface area is 78.2 Å². The lowest BCUT2D eigenvalue weighted by molar-refractivity contribution is -0.141. The number of nitrogens with zero attached hydrogens (tertiary/aromatic N) is 1. The number of rotatable bonds is 3. The Balaban J connectivity index is 2.60. The number of carbonyl (C=O) groups excluding carboxylic acids is 1. The number of carbonyl (C=O) groups is 1. The molecule has 1 aliphatic rings. The lowest BCUT2D eigenvalue weighted by atomic mass is 10.0. The van der Waals surface area contributed by atoms with Gasteiger partial charge in [-0.2, -0.15) is 0 Å². The molecule has 3 unspecified atom stereocenters. The van der Waals surface area contributed by atoms with E-state index in [1.807, 2.05) is 6.92 Å². The van der Waals surface area contributed by atoms with Crippen molar-refractivity contribution in [2.45, 2.75) is 39.0 Å². The SMILES string of the molecule is CCC(O)N1CCC(C(C)O)C1=O. The molecular formula is C9H17NO3. The Morgan fingerprint density at radius 3 is 2.62 bits per heavy atom. The topological polar surface area (TPSA) is 60.8 Å². The van der Waals surface area contributed by atoms with Crippen molar-refractivity contribution in [2.75, 3.05) is 6.54 Å². The minimum absolute atomic E-state index is 0.121. The lowest BCUT2D eigenvalue weighted by Gasteiger charge is -2.22. The third kappa shape index (κ3) is 2.00. The van der Waals surface area contributed by atoms with E-state index in [-0.39, 0.29) is 11.8 Å². The molecule has 1 amide bonds. The van der Waals surface area contributed by atoms with Gasteiger partial charge in [0.15, 0.2) is 0 Å². The Hall–Kier alpha value is -0.610. The van der Waals surface area contributed by atoms with Crippen LogP contribution in [-0.4, -0.2) is 39.9 Å². The van der Waals surface area contributed by atoms with Gasteiger partial charge in [-0.15, -0.1) is 0 Å². The predicted molar refractivity (Wildman–Crippen MR) is 47.8 cm³/mol. The molecule has 76 valence electrons. The van der Waals surface area contributed by atoms with Gasteiger partial charge in [0.1, 0.15) is 6.23 Å². The third-order valence-corrected chi connectivity index (χ3v) is 2.59. The highest BCUT2D eigenvalue weighted by atomic mass is 16.3. The van der Waals surface area contributed by atoms with Crippen LogP contribution in [0, 0.1) is 5.92 Å². The number of hydrogen-bond donors (Lipinski definition) is 2. The van der Waals surface area contributed by atoms with Crippen molar-refractivity contribution >= 4 is 5.91 Å². The summed E-state index contributed by atoms with van der Waals surface area (Å²) in [7, 11) is 0. The van der Waals surface area contributed by atoms with Crippen LogP contribution in [0.2, 0.25) is 0 Å². The second-order valence-electron chi connectivity index (χ2n) is 3.56. The van der Waals surface area contributed by atoms with Gasteiger partial charge in [-0.1, -0.05) is 6.92 Å². The molecule has 0 aromatic rings. The second kappa shape index (κ2) is 4.07. The van der Waals surface area contributed by atoms with Gasteiger partial charge >= 0.3 is 0 Å². The molecule has 0 bridgehead atoms. The van der Waals surface area contributed by atoms with Gasteiger partial charge in [0.25, 0.3) is 0 Å². The highest BCUT2D eigenvalue weighted by molar-refractivity contribution is 5.81. The van der Waals surface area contributed by atoms with E-state index in [0.29, 0.717) is 19.4 Å². The van der Waals surface area contributed by atoms with Crippen LogP contribution in [0.25, 0.3) is 0 Å². The molecule has 0 spiro atoms. The molecule has 1 heterocycles. The minimum Gasteiger partial charge on any atom is -0.393 e. The molecule has 0 aliphatic carbocycles. The Morgan fingerprint density at radius 2 is 2.23 bits per heavy atom. The summed E-state index contributed by atoms with van der Waals surface area (Å²) in [5, 5.41) is 18.7. The van der Waals surface area contributed by atoms with E-state index in [4.69, 9.17) is 0 Å². The third-order valence-electron chi connectivity index (χ3n) is 2.59. The molecule has 1 saturated heterocycles. The van der Waals surface area contributed by atoms with Crippen LogP contribution in [0.5, 0.6) is 0 Å². The molecule has 2 N–H and O–H groups in total. The minimum atomic E-state index is -0.684. The Bertz CT molecular complexity index is 193. The van der Waals surface area contributed by atoms with Crippen LogP contribution in [0.4, 0.5) is 0 Å². The monoisotopic (exact) mass is 187 g/mol. The van der Waals surface area contributed by atoms with E-state index in [1.165, 1.54) is 4.90 Å². The Morgan fingerprint density at radius 1 is 1.62 bits per heavy atom. The standard InChI is InChI=1S/C9H17NO3/c1-3-8(12)10-5-4-7(6(2)11)9(10)13/h6-8,11-12H,3-5H2,1-2H3. The van der Waals surface area contributed by atoms with Gasteiger partial charge < -0.3 is 15.1 Å². The number of hydrogen-bond acceptors (Lipinski definition) is 3. The quantitative estimate of drug-likeness (QED) is 0.651. The smallest absolute Gasteiger partial charge is 0.230 e. The summed E-state index contributed by atoms with van der Waals surface area (Å²) in [6, 6.07) is 0. The zero-order valence-corrected chi connectivity index (χ0v) is 8.10. The average molecular weight is 187 g/mol. The molecule has 0 radical (unpaired) electrons. The first-order valence-corrected chi connectivity index (χ1v) is 4.74. The fraction of sp³-hybridized carbons (Fsp3) is 0.889. The fourth-order valence-electron chi connectivity index (χ4n) is 1.69. The number of aliphatic hydroxyl groups excluding tert-OH is 2. The molecule has 3 atom stereocenters. The van der Waals surface area contributed by atoms with Gasteiger partial charge in [-0.05, 0) is 19.8 Å². The number of likely N-dealkylation sites (tertiary alicyclic amines) is 1. The summed E-state index contributed by atoms with van der Waals surface area (Å²) in [6.07, 6.45) is -0.107. The van der Waals surface area contributed by atoms with Gasteiger partial charge in [-0.25, -0.2) is 0 Å². The molecule has 0 aromatic heterocycles. The van der Waals surface area contributed by atoms with E-state index in [1.54, 1.807) is 6.92 Å². The average Bonchev–Trinajstić information content (AvgIpc) is 2.46. The molecule has 1 aliphatic heterocycles. The van der Waals surface area contributed by atoms with Gasteiger partial charge in [0.2, 0.25) is 5.91 Å². The van der Waals surface area contributed by atoms with Gasteiger partial charge in [0, 0.05) is 6.54 Å². The van der Waals surface area contributed by atoms with E-state index in [0.717, 1.165) is 0 Å². The number of aliphatic hydroxyl groups is 2. The van der Waals surface area contributed by atoms with Crippen LogP contribution in [-0.2, 0) is 4.79 Å². The molecule has 4 heteroatoms. The van der Waals surface area contributed by atoms with Crippen LogP contribution in [0.3, 0.4) is 0 Å². The Kier molecular flexibility index (Phi) is 3.27. The van der Waals surface area contributed by atoms with Gasteiger partial charge in [-0.3, -0.25) is 4.79 Å². The molecule has 0 saturated carbocycles. The zero-order chi connectivity index (χ0) is 10.0. The maximum absolute atomic E-state index is 11.6. The van der Waals surface area contributed by atoms with Gasteiger partial charge in [0.05, 0.1) is 12.0 Å². The van der Waals surface area contributed by atoms with E-state index >= 15 is 0 Å². The van der Waals surface area contributed by atoms with Crippen molar-refractivity contribution in [3.05, 3.63) is 0 Å². The summed E-state index contributed by atoms with van der Waals surface area (Å²) in [5.41, 5.74) is 0. The van der Waals surface area contributed by atoms with E-state index < -0.39 is 12.3 Å². The summed E-state index contributed by atoms with van der Waals surface area (Å²) in [6.45, 7) is 4.00. The van der Waals surface area contributed by atoms with Crippen molar-refractivity contribution < 1.29 is 15.0 Å². The first-order chi connectivity index (χ1) is 6.07. The second-order valence-corrected chi connectivity index (χ2v) is 3.56. The highest BCUT2D eigenvalue weighted by Gasteiger charge is 2.36. The molecular weight excluding hydrogens is 170 g/mol. The molecule has 13 heavy (non-hydrogen) atoms. The van der Waals surface area contributed by atoms with Crippen LogP contribution < -0.4 is 0 Å². The van der Waals surface area contributed by atoms with Crippen LogP contribution >= 0.6 is 0 Å². The summed E-state index contributed by atoms with van der Waals surface area (Å²) < 4.78 is 0. The molecule has 4 nitrogen and oxygen atoms in total. The van der Waals surface area contributed by atoms with Crippen molar-refractivity contribution in [3.8, 4) is 0 Å². The number of amides is 1. The fourth-order valence-corrected chi connectivity index (χ4v) is 1.69. The molecule has 1 fully saturated rings. The van der Waals surface area contributed by atoms with Crippen LogP contribution in [0.15, 0.2) is 0 Å². The van der Waals surface area contributed by atoms with Crippen molar-refractivity contribution in [1.29, 1.82) is 0 Å². The first-order valence-electron chi connectivity index (χ1n) is 4.74. The summed E-state index contributed by atoms with van der Waals surface area (Å²) >= 11 is 0. The van der Waals surface area contributed by atoms with E-state index in [2.05, 4.69) is 0 Å². The highest BCUT2D eigenvalue weighted by Crippen LogP contribution is 2.23. The maximum atomic E-state index is 11.6. The molecule has 1 rings (SSSR count).